The summed E-state index contributed by atoms with van der Waals surface area (Å²) in [5.74, 6) is -11.3. The monoisotopic (exact) mass is 254 g/mol. The molecular weight excluding hydrogens is 247 g/mol. The fourth-order valence-corrected chi connectivity index (χ4v) is 1.29. The quantitative estimate of drug-likeness (QED) is 0.351. The highest BCUT2D eigenvalue weighted by Gasteiger charge is 2.29. The average molecular weight is 254 g/mol. The molecule has 0 aliphatic rings. The van der Waals surface area contributed by atoms with E-state index in [1.54, 1.807) is 0 Å². The largest absolute Gasteiger partial charge is 0.458 e. The van der Waals surface area contributed by atoms with E-state index >= 15 is 0 Å². The van der Waals surface area contributed by atoms with Crippen LogP contribution in [0, 0.1) is 29.1 Å². The first kappa shape index (κ1) is 13.4. The third-order valence-electron chi connectivity index (χ3n) is 1.99. The number of benzene rings is 1. The molecule has 17 heavy (non-hydrogen) atoms. The van der Waals surface area contributed by atoms with Gasteiger partial charge in [-0.05, 0) is 6.92 Å². The maximum absolute atomic E-state index is 13.2. The van der Waals surface area contributed by atoms with Crippen LogP contribution in [0.15, 0.2) is 0 Å². The zero-order valence-corrected chi connectivity index (χ0v) is 8.78. The Bertz CT molecular complexity index is 443. The smallest absolute Gasteiger partial charge is 0.303 e. The Hall–Kier alpha value is -1.66. The molecule has 0 spiro atoms. The van der Waals surface area contributed by atoms with Crippen LogP contribution in [0.25, 0.3) is 0 Å². The lowest BCUT2D eigenvalue weighted by molar-refractivity contribution is -0.146. The fraction of sp³-hybridized carbons (Fsp3) is 0.300. The number of rotatable bonds is 2. The zero-order chi connectivity index (χ0) is 13.3. The third kappa shape index (κ3) is 2.37. The lowest BCUT2D eigenvalue weighted by atomic mass is 10.1. The zero-order valence-electron chi connectivity index (χ0n) is 8.78. The van der Waals surface area contributed by atoms with Crippen LogP contribution in [-0.4, -0.2) is 5.97 Å². The molecule has 0 N–H and O–H groups in total. The molecule has 0 aliphatic heterocycles. The van der Waals surface area contributed by atoms with E-state index < -0.39 is 46.7 Å². The molecular formula is C10H7F5O2. The molecule has 0 amide bonds. The maximum Gasteiger partial charge on any atom is 0.303 e. The van der Waals surface area contributed by atoms with E-state index in [-0.39, 0.29) is 0 Å². The summed E-state index contributed by atoms with van der Waals surface area (Å²) in [7, 11) is 0. The summed E-state index contributed by atoms with van der Waals surface area (Å²) >= 11 is 0. The van der Waals surface area contributed by atoms with Gasteiger partial charge in [0, 0.05) is 6.92 Å². The van der Waals surface area contributed by atoms with Crippen molar-refractivity contribution in [3.05, 3.63) is 34.6 Å². The molecule has 1 atom stereocenters. The highest BCUT2D eigenvalue weighted by atomic mass is 19.2. The van der Waals surface area contributed by atoms with Crippen molar-refractivity contribution in [3.8, 4) is 0 Å². The summed E-state index contributed by atoms with van der Waals surface area (Å²) in [6.45, 7) is 1.95. The van der Waals surface area contributed by atoms with Crippen LogP contribution in [0.3, 0.4) is 0 Å². The molecule has 0 bridgehead atoms. The van der Waals surface area contributed by atoms with Gasteiger partial charge in [0.2, 0.25) is 5.82 Å². The Kier molecular flexibility index (Phi) is 3.69. The minimum atomic E-state index is -2.25. The van der Waals surface area contributed by atoms with Crippen molar-refractivity contribution in [2.75, 3.05) is 0 Å². The summed E-state index contributed by atoms with van der Waals surface area (Å²) < 4.78 is 69.0. The van der Waals surface area contributed by atoms with Gasteiger partial charge < -0.3 is 4.74 Å². The van der Waals surface area contributed by atoms with Crippen molar-refractivity contribution in [1.82, 2.24) is 0 Å². The van der Waals surface area contributed by atoms with Crippen LogP contribution in [0.1, 0.15) is 25.5 Å². The van der Waals surface area contributed by atoms with E-state index in [1.807, 2.05) is 0 Å². The molecule has 0 saturated carbocycles. The Balaban J connectivity index is 3.38. The normalized spacial score (nSPS) is 12.4. The van der Waals surface area contributed by atoms with E-state index in [4.69, 9.17) is 0 Å². The predicted molar refractivity (Wildman–Crippen MR) is 46.4 cm³/mol. The molecule has 1 aromatic carbocycles. The Labute approximate surface area is 93.0 Å². The predicted octanol–water partition coefficient (Wildman–Crippen LogP) is 3.01. The van der Waals surface area contributed by atoms with Crippen molar-refractivity contribution in [2.45, 2.75) is 20.0 Å². The van der Waals surface area contributed by atoms with Crippen LogP contribution >= 0.6 is 0 Å². The van der Waals surface area contributed by atoms with Gasteiger partial charge in [-0.15, -0.1) is 0 Å². The molecule has 2 nitrogen and oxygen atoms in total. The van der Waals surface area contributed by atoms with Crippen LogP contribution < -0.4 is 0 Å². The standard InChI is InChI=1S/C10H7F5O2/c1-3(17-4(2)16)5-6(11)8(13)10(15)9(14)7(5)12/h3H,1-2H3. The summed E-state index contributed by atoms with van der Waals surface area (Å²) in [5, 5.41) is 0. The Morgan fingerprint density at radius 1 is 0.941 bits per heavy atom. The first-order valence-corrected chi connectivity index (χ1v) is 4.45. The van der Waals surface area contributed by atoms with Gasteiger partial charge in [0.1, 0.15) is 6.10 Å². The summed E-state index contributed by atoms with van der Waals surface area (Å²) in [6.07, 6.45) is -1.57. The summed E-state index contributed by atoms with van der Waals surface area (Å²) in [5.41, 5.74) is -1.17. The Morgan fingerprint density at radius 2 is 1.29 bits per heavy atom. The van der Waals surface area contributed by atoms with Crippen LogP contribution in [0.2, 0.25) is 0 Å². The van der Waals surface area contributed by atoms with Crippen molar-refractivity contribution in [2.24, 2.45) is 0 Å². The van der Waals surface area contributed by atoms with E-state index in [2.05, 4.69) is 4.74 Å². The molecule has 0 saturated heterocycles. The van der Waals surface area contributed by atoms with Gasteiger partial charge in [-0.25, -0.2) is 22.0 Å². The highest BCUT2D eigenvalue weighted by Crippen LogP contribution is 2.29. The summed E-state index contributed by atoms with van der Waals surface area (Å²) in [4.78, 5) is 10.6. The van der Waals surface area contributed by atoms with Crippen molar-refractivity contribution >= 4 is 5.97 Å². The van der Waals surface area contributed by atoms with Crippen LogP contribution in [-0.2, 0) is 9.53 Å². The number of halogens is 5. The second-order valence-electron chi connectivity index (χ2n) is 3.24. The lowest BCUT2D eigenvalue weighted by Crippen LogP contribution is -2.13. The van der Waals surface area contributed by atoms with Crippen molar-refractivity contribution in [3.63, 3.8) is 0 Å². The van der Waals surface area contributed by atoms with Gasteiger partial charge in [-0.2, -0.15) is 0 Å². The molecule has 0 fully saturated rings. The second-order valence-corrected chi connectivity index (χ2v) is 3.24. The fourth-order valence-electron chi connectivity index (χ4n) is 1.29. The van der Waals surface area contributed by atoms with Gasteiger partial charge in [0.05, 0.1) is 5.56 Å². The topological polar surface area (TPSA) is 26.3 Å². The number of carbonyl (C=O) groups excluding carboxylic acids is 1. The van der Waals surface area contributed by atoms with Crippen LogP contribution in [0.5, 0.6) is 0 Å². The van der Waals surface area contributed by atoms with Gasteiger partial charge in [-0.1, -0.05) is 0 Å². The third-order valence-corrected chi connectivity index (χ3v) is 1.99. The molecule has 7 heteroatoms. The van der Waals surface area contributed by atoms with Gasteiger partial charge in [-0.3, -0.25) is 4.79 Å². The lowest BCUT2D eigenvalue weighted by Gasteiger charge is -2.15. The minimum absolute atomic E-state index is 0.901. The minimum Gasteiger partial charge on any atom is -0.458 e. The second kappa shape index (κ2) is 4.68. The number of hydrogen-bond donors (Lipinski definition) is 0. The maximum atomic E-state index is 13.2. The molecule has 1 rings (SSSR count). The number of hydrogen-bond acceptors (Lipinski definition) is 2. The van der Waals surface area contributed by atoms with E-state index in [1.165, 1.54) is 0 Å². The molecule has 0 aromatic heterocycles. The Morgan fingerprint density at radius 3 is 1.65 bits per heavy atom. The average Bonchev–Trinajstić information content (AvgIpc) is 2.23. The molecule has 94 valence electrons. The van der Waals surface area contributed by atoms with E-state index in [9.17, 15) is 26.7 Å². The van der Waals surface area contributed by atoms with Crippen molar-refractivity contribution in [1.29, 1.82) is 0 Å². The molecule has 1 aromatic rings. The van der Waals surface area contributed by atoms with Crippen LogP contribution in [0.4, 0.5) is 22.0 Å². The van der Waals surface area contributed by atoms with E-state index in [0.717, 1.165) is 13.8 Å². The molecule has 0 radical (unpaired) electrons. The number of esters is 1. The SMILES string of the molecule is CC(=O)OC(C)c1c(F)c(F)c(F)c(F)c1F. The van der Waals surface area contributed by atoms with Gasteiger partial charge in [0.25, 0.3) is 0 Å². The summed E-state index contributed by atoms with van der Waals surface area (Å²) in [6, 6.07) is 0. The number of carbonyl (C=O) groups is 1. The molecule has 0 aliphatic carbocycles. The van der Waals surface area contributed by atoms with Gasteiger partial charge >= 0.3 is 5.97 Å². The van der Waals surface area contributed by atoms with Crippen molar-refractivity contribution < 1.29 is 31.5 Å². The molecule has 0 heterocycles. The molecule has 1 unspecified atom stereocenters. The van der Waals surface area contributed by atoms with E-state index in [0.29, 0.717) is 0 Å². The van der Waals surface area contributed by atoms with Gasteiger partial charge in [0.15, 0.2) is 23.3 Å². The first-order chi connectivity index (χ1) is 7.77. The number of ether oxygens (including phenoxy) is 1. The highest BCUT2D eigenvalue weighted by molar-refractivity contribution is 5.66. The first-order valence-electron chi connectivity index (χ1n) is 4.45.